The van der Waals surface area contributed by atoms with Crippen LogP contribution in [0.2, 0.25) is 0 Å². The SMILES string of the molecule is O=C=NCc1ccccc1.[CH2-]C#CC#CC#CN=C=O. The molecule has 0 amide bonds. The van der Waals surface area contributed by atoms with E-state index in [1.165, 1.54) is 12.2 Å². The topological polar surface area (TPSA) is 58.9 Å². The Morgan fingerprint density at radius 2 is 1.65 bits per heavy atom. The van der Waals surface area contributed by atoms with Crippen LogP contribution >= 0.6 is 0 Å². The van der Waals surface area contributed by atoms with Gasteiger partial charge in [-0.15, -0.1) is 10.9 Å². The molecule has 0 aliphatic rings. The third-order valence-corrected chi connectivity index (χ3v) is 1.60. The summed E-state index contributed by atoms with van der Waals surface area (Å²) >= 11 is 0. The van der Waals surface area contributed by atoms with E-state index < -0.39 is 0 Å². The second-order valence-corrected chi connectivity index (χ2v) is 2.88. The largest absolute Gasteiger partial charge is 0.284 e. The molecule has 0 spiro atoms. The average Bonchev–Trinajstić information content (AvgIpc) is 2.50. The first-order valence-corrected chi connectivity index (χ1v) is 5.26. The maximum Gasteiger partial charge on any atom is 0.249 e. The summed E-state index contributed by atoms with van der Waals surface area (Å²) in [4.78, 5) is 25.5. The normalized spacial score (nSPS) is 6.20. The fourth-order valence-corrected chi connectivity index (χ4v) is 0.892. The van der Waals surface area contributed by atoms with E-state index in [1.807, 2.05) is 30.3 Å². The molecule has 0 radical (unpaired) electrons. The zero-order valence-corrected chi connectivity index (χ0v) is 10.5. The van der Waals surface area contributed by atoms with Gasteiger partial charge in [0.15, 0.2) is 0 Å². The lowest BCUT2D eigenvalue weighted by Crippen LogP contribution is -1.77. The molecule has 1 aromatic rings. The van der Waals surface area contributed by atoms with Crippen molar-refractivity contribution in [3.05, 3.63) is 42.8 Å². The molecule has 0 aliphatic heterocycles. The lowest BCUT2D eigenvalue weighted by Gasteiger charge is -1.89. The lowest BCUT2D eigenvalue weighted by atomic mass is 10.2. The fourth-order valence-electron chi connectivity index (χ4n) is 0.892. The van der Waals surface area contributed by atoms with Crippen molar-refractivity contribution in [2.75, 3.05) is 0 Å². The molecule has 4 heteroatoms. The average molecular weight is 261 g/mol. The summed E-state index contributed by atoms with van der Waals surface area (Å²) in [5.41, 5.74) is 1.03. The highest BCUT2D eigenvalue weighted by Crippen LogP contribution is 1.98. The van der Waals surface area contributed by atoms with Crippen LogP contribution in [0.3, 0.4) is 0 Å². The second kappa shape index (κ2) is 13.6. The molecule has 0 unspecified atom stereocenters. The Kier molecular flexibility index (Phi) is 11.2. The van der Waals surface area contributed by atoms with Gasteiger partial charge in [-0.1, -0.05) is 30.3 Å². The van der Waals surface area contributed by atoms with Gasteiger partial charge in [0, 0.05) is 5.92 Å². The Morgan fingerprint density at radius 3 is 2.25 bits per heavy atom. The molecule has 0 fully saturated rings. The number of hydrogen-bond acceptors (Lipinski definition) is 4. The van der Waals surface area contributed by atoms with Crippen LogP contribution < -0.4 is 0 Å². The molecule has 4 nitrogen and oxygen atoms in total. The summed E-state index contributed by atoms with van der Waals surface area (Å²) < 4.78 is 0. The third kappa shape index (κ3) is 11.0. The molecule has 0 atom stereocenters. The number of hydrogen-bond donors (Lipinski definition) is 0. The molecule has 1 aromatic carbocycles. The van der Waals surface area contributed by atoms with E-state index in [0.717, 1.165) is 5.56 Å². The van der Waals surface area contributed by atoms with Crippen molar-refractivity contribution < 1.29 is 9.59 Å². The van der Waals surface area contributed by atoms with Crippen LogP contribution in [0, 0.1) is 42.6 Å². The number of aliphatic imine (C=N–C) groups is 2. The Hall–Kier alpha value is -3.47. The smallest absolute Gasteiger partial charge is 0.249 e. The summed E-state index contributed by atoms with van der Waals surface area (Å²) in [6.07, 6.45) is 2.74. The highest BCUT2D eigenvalue weighted by Gasteiger charge is 1.84. The van der Waals surface area contributed by atoms with Crippen molar-refractivity contribution >= 4 is 12.2 Å². The molecule has 0 bridgehead atoms. The van der Waals surface area contributed by atoms with E-state index in [2.05, 4.69) is 52.6 Å². The molecule has 20 heavy (non-hydrogen) atoms. The van der Waals surface area contributed by atoms with Crippen LogP contribution in [-0.2, 0) is 16.1 Å². The monoisotopic (exact) mass is 261 g/mol. The minimum atomic E-state index is 0.435. The Bertz CT molecular complexity index is 676. The van der Waals surface area contributed by atoms with Gasteiger partial charge >= 0.3 is 0 Å². The van der Waals surface area contributed by atoms with Crippen molar-refractivity contribution in [3.8, 4) is 35.6 Å². The van der Waals surface area contributed by atoms with E-state index >= 15 is 0 Å². The quantitative estimate of drug-likeness (QED) is 0.352. The van der Waals surface area contributed by atoms with Gasteiger partial charge in [0.25, 0.3) is 0 Å². The molecule has 0 N–H and O–H groups in total. The fraction of sp³-hybridized carbons (Fsp3) is 0.0625. The molecular weight excluding hydrogens is 252 g/mol. The summed E-state index contributed by atoms with van der Waals surface area (Å²) in [6.45, 7) is 3.66. The molecular formula is C16H9N2O2-. The van der Waals surface area contributed by atoms with Crippen LogP contribution in [0.4, 0.5) is 0 Å². The molecule has 0 heterocycles. The summed E-state index contributed by atoms with van der Waals surface area (Å²) in [5.74, 6) is 11.6. The predicted octanol–water partition coefficient (Wildman–Crippen LogP) is 1.65. The first-order valence-electron chi connectivity index (χ1n) is 5.26. The van der Waals surface area contributed by atoms with Crippen molar-refractivity contribution in [2.45, 2.75) is 6.54 Å². The second-order valence-electron chi connectivity index (χ2n) is 2.88. The minimum Gasteiger partial charge on any atom is -0.284 e. The van der Waals surface area contributed by atoms with Gasteiger partial charge in [-0.3, -0.25) is 5.92 Å². The maximum atomic E-state index is 9.69. The zero-order valence-electron chi connectivity index (χ0n) is 10.5. The van der Waals surface area contributed by atoms with E-state index in [1.54, 1.807) is 0 Å². The molecule has 0 aliphatic carbocycles. The van der Waals surface area contributed by atoms with Crippen LogP contribution in [0.1, 0.15) is 5.56 Å². The van der Waals surface area contributed by atoms with Crippen LogP contribution in [-0.4, -0.2) is 12.2 Å². The summed E-state index contributed by atoms with van der Waals surface area (Å²) in [6, 6.07) is 11.7. The lowest BCUT2D eigenvalue weighted by molar-refractivity contribution is 0.562. The molecule has 0 saturated carbocycles. The Balaban J connectivity index is 0.000000361. The first-order chi connectivity index (χ1) is 9.85. The third-order valence-electron chi connectivity index (χ3n) is 1.60. The highest BCUT2D eigenvalue weighted by molar-refractivity contribution is 5.40. The maximum absolute atomic E-state index is 9.69. The predicted molar refractivity (Wildman–Crippen MR) is 75.1 cm³/mol. The van der Waals surface area contributed by atoms with E-state index in [9.17, 15) is 9.59 Å². The van der Waals surface area contributed by atoms with Gasteiger partial charge < -0.3 is 0 Å². The van der Waals surface area contributed by atoms with E-state index in [-0.39, 0.29) is 0 Å². The number of isocyanates is 2. The number of benzene rings is 1. The van der Waals surface area contributed by atoms with Crippen LogP contribution in [0.15, 0.2) is 40.3 Å². The van der Waals surface area contributed by atoms with Crippen molar-refractivity contribution in [1.82, 2.24) is 0 Å². The van der Waals surface area contributed by atoms with Crippen molar-refractivity contribution in [2.24, 2.45) is 9.98 Å². The highest BCUT2D eigenvalue weighted by atomic mass is 16.1. The zero-order chi connectivity index (χ0) is 14.9. The number of carbonyl (C=O) groups excluding carboxylic acids is 2. The minimum absolute atomic E-state index is 0.435. The van der Waals surface area contributed by atoms with E-state index in [4.69, 9.17) is 0 Å². The van der Waals surface area contributed by atoms with Gasteiger partial charge in [-0.05, 0) is 11.5 Å². The van der Waals surface area contributed by atoms with Gasteiger partial charge in [-0.2, -0.15) is 6.92 Å². The summed E-state index contributed by atoms with van der Waals surface area (Å²) in [7, 11) is 0. The number of nitrogens with zero attached hydrogens (tertiary/aromatic N) is 2. The van der Waals surface area contributed by atoms with Crippen molar-refractivity contribution in [1.29, 1.82) is 0 Å². The first kappa shape index (κ1) is 16.5. The van der Waals surface area contributed by atoms with Crippen LogP contribution in [0.25, 0.3) is 0 Å². The van der Waals surface area contributed by atoms with Gasteiger partial charge in [0.1, 0.15) is 0 Å². The van der Waals surface area contributed by atoms with E-state index in [0.29, 0.717) is 6.54 Å². The number of rotatable bonds is 2. The summed E-state index contributed by atoms with van der Waals surface area (Å²) in [5, 5.41) is 0. The van der Waals surface area contributed by atoms with Gasteiger partial charge in [0.05, 0.1) is 12.6 Å². The van der Waals surface area contributed by atoms with Gasteiger partial charge in [-0.25, -0.2) is 20.5 Å². The van der Waals surface area contributed by atoms with Gasteiger partial charge in [0.2, 0.25) is 12.2 Å². The Morgan fingerprint density at radius 1 is 0.950 bits per heavy atom. The van der Waals surface area contributed by atoms with Crippen molar-refractivity contribution in [3.63, 3.8) is 0 Å². The molecule has 96 valence electrons. The molecule has 0 saturated heterocycles. The Labute approximate surface area is 117 Å². The molecule has 0 aromatic heterocycles. The standard InChI is InChI=1S/C8H7NO.C8H2NO/c10-7-9-6-8-4-2-1-3-5-8;1-2-3-4-5-6-7-9-8-10/h1-5H,6H2;1H2/q;-1. The van der Waals surface area contributed by atoms with Crippen LogP contribution in [0.5, 0.6) is 0 Å². The molecule has 1 rings (SSSR count).